The molecule has 0 bridgehead atoms. The lowest BCUT2D eigenvalue weighted by molar-refractivity contribution is -0.151. The molecule has 106 valence electrons. The zero-order valence-corrected chi connectivity index (χ0v) is 11.5. The maximum Gasteiger partial charge on any atom is 0.323 e. The van der Waals surface area contributed by atoms with Gasteiger partial charge in [0.1, 0.15) is 5.54 Å². The van der Waals surface area contributed by atoms with E-state index in [0.717, 1.165) is 6.42 Å². The lowest BCUT2D eigenvalue weighted by Gasteiger charge is -2.34. The predicted molar refractivity (Wildman–Crippen MR) is 67.4 cm³/mol. The lowest BCUT2D eigenvalue weighted by atomic mass is 9.97. The molecule has 2 heterocycles. The van der Waals surface area contributed by atoms with E-state index in [1.807, 2.05) is 0 Å². The van der Waals surface area contributed by atoms with Crippen LogP contribution < -0.4 is 0 Å². The number of hydrogen-bond donors (Lipinski definition) is 1. The van der Waals surface area contributed by atoms with Gasteiger partial charge in [-0.3, -0.25) is 24.2 Å². The number of imide groups is 1. The molecule has 2 rings (SSSR count). The number of likely N-dealkylation sites (tertiary alicyclic amines) is 2. The van der Waals surface area contributed by atoms with E-state index in [-0.39, 0.29) is 24.3 Å². The Morgan fingerprint density at radius 1 is 1.42 bits per heavy atom. The standard InChI is InChI=1S/C13H20N2O4/c1-8(2)15-10(16)7-9(11(15)17)14-6-4-5-13(14,3)12(18)19/h8-9H,4-7H2,1-3H3,(H,18,19). The second-order valence-electron chi connectivity index (χ2n) is 5.79. The minimum atomic E-state index is -1.03. The molecule has 2 unspecified atom stereocenters. The minimum Gasteiger partial charge on any atom is -0.480 e. The number of carboxylic acid groups (broad SMARTS) is 1. The fourth-order valence-corrected chi connectivity index (χ4v) is 3.13. The topological polar surface area (TPSA) is 77.9 Å². The Labute approximate surface area is 112 Å². The quantitative estimate of drug-likeness (QED) is 0.752. The summed E-state index contributed by atoms with van der Waals surface area (Å²) in [5.41, 5.74) is -1.03. The van der Waals surface area contributed by atoms with Gasteiger partial charge in [0.05, 0.1) is 12.5 Å². The fourth-order valence-electron chi connectivity index (χ4n) is 3.13. The first-order chi connectivity index (χ1) is 8.79. The van der Waals surface area contributed by atoms with E-state index >= 15 is 0 Å². The zero-order valence-electron chi connectivity index (χ0n) is 11.5. The molecule has 1 N–H and O–H groups in total. The van der Waals surface area contributed by atoms with E-state index in [2.05, 4.69) is 0 Å². The van der Waals surface area contributed by atoms with Crippen molar-refractivity contribution in [2.75, 3.05) is 6.54 Å². The molecule has 19 heavy (non-hydrogen) atoms. The van der Waals surface area contributed by atoms with Crippen LogP contribution in [0.25, 0.3) is 0 Å². The van der Waals surface area contributed by atoms with Gasteiger partial charge in [0.25, 0.3) is 0 Å². The summed E-state index contributed by atoms with van der Waals surface area (Å²) in [4.78, 5) is 38.6. The molecule has 0 saturated carbocycles. The van der Waals surface area contributed by atoms with Crippen molar-refractivity contribution in [3.05, 3.63) is 0 Å². The van der Waals surface area contributed by atoms with Crippen LogP contribution in [0.3, 0.4) is 0 Å². The first-order valence-corrected chi connectivity index (χ1v) is 6.65. The number of rotatable bonds is 3. The molecule has 2 amide bonds. The predicted octanol–water partition coefficient (Wildman–Crippen LogP) is 0.461. The third-order valence-corrected chi connectivity index (χ3v) is 4.21. The van der Waals surface area contributed by atoms with Crippen LogP contribution in [-0.2, 0) is 14.4 Å². The van der Waals surface area contributed by atoms with Gasteiger partial charge >= 0.3 is 5.97 Å². The van der Waals surface area contributed by atoms with Gasteiger partial charge in [-0.25, -0.2) is 0 Å². The molecule has 0 aromatic carbocycles. The van der Waals surface area contributed by atoms with Crippen LogP contribution in [0.1, 0.15) is 40.0 Å². The van der Waals surface area contributed by atoms with Crippen molar-refractivity contribution >= 4 is 17.8 Å². The summed E-state index contributed by atoms with van der Waals surface area (Å²) < 4.78 is 0. The SMILES string of the molecule is CC(C)N1C(=O)CC(N2CCCC2(C)C(=O)O)C1=O. The Hall–Kier alpha value is -1.43. The summed E-state index contributed by atoms with van der Waals surface area (Å²) >= 11 is 0. The number of nitrogens with zero attached hydrogens (tertiary/aromatic N) is 2. The van der Waals surface area contributed by atoms with E-state index in [1.165, 1.54) is 4.90 Å². The van der Waals surface area contributed by atoms with Gasteiger partial charge in [0.15, 0.2) is 0 Å². The summed E-state index contributed by atoms with van der Waals surface area (Å²) in [6, 6.07) is -0.790. The Bertz CT molecular complexity index is 434. The van der Waals surface area contributed by atoms with E-state index in [1.54, 1.807) is 25.7 Å². The van der Waals surface area contributed by atoms with E-state index in [0.29, 0.717) is 13.0 Å². The Balaban J connectivity index is 2.26. The molecule has 2 saturated heterocycles. The summed E-state index contributed by atoms with van der Waals surface area (Å²) in [7, 11) is 0. The summed E-state index contributed by atoms with van der Waals surface area (Å²) in [6.45, 7) is 5.77. The first-order valence-electron chi connectivity index (χ1n) is 6.65. The average Bonchev–Trinajstić information content (AvgIpc) is 2.80. The molecule has 0 aromatic heterocycles. The molecule has 0 aromatic rings. The van der Waals surface area contributed by atoms with Crippen molar-refractivity contribution in [1.82, 2.24) is 9.80 Å². The molecular weight excluding hydrogens is 248 g/mol. The van der Waals surface area contributed by atoms with Crippen molar-refractivity contribution in [3.63, 3.8) is 0 Å². The van der Waals surface area contributed by atoms with Gasteiger partial charge in [-0.1, -0.05) is 0 Å². The maximum atomic E-state index is 12.3. The van der Waals surface area contributed by atoms with Gasteiger partial charge in [0, 0.05) is 12.6 Å². The average molecular weight is 268 g/mol. The Morgan fingerprint density at radius 3 is 2.53 bits per heavy atom. The molecule has 2 fully saturated rings. The van der Waals surface area contributed by atoms with Crippen LogP contribution in [0.2, 0.25) is 0 Å². The third kappa shape index (κ3) is 2.04. The lowest BCUT2D eigenvalue weighted by Crippen LogP contribution is -2.55. The van der Waals surface area contributed by atoms with Crippen LogP contribution in [0.5, 0.6) is 0 Å². The normalized spacial score (nSPS) is 32.6. The van der Waals surface area contributed by atoms with Crippen LogP contribution in [0, 0.1) is 0 Å². The summed E-state index contributed by atoms with van der Waals surface area (Å²) in [6.07, 6.45) is 1.35. The molecule has 6 heteroatoms. The zero-order chi connectivity index (χ0) is 14.4. The van der Waals surface area contributed by atoms with Crippen LogP contribution >= 0.6 is 0 Å². The molecule has 6 nitrogen and oxygen atoms in total. The van der Waals surface area contributed by atoms with Crippen molar-refractivity contribution < 1.29 is 19.5 Å². The van der Waals surface area contributed by atoms with Crippen LogP contribution in [0.15, 0.2) is 0 Å². The number of amides is 2. The van der Waals surface area contributed by atoms with Crippen molar-refractivity contribution in [2.24, 2.45) is 0 Å². The van der Waals surface area contributed by atoms with E-state index in [9.17, 15) is 19.5 Å². The number of carbonyl (C=O) groups is 3. The smallest absolute Gasteiger partial charge is 0.323 e. The number of carbonyl (C=O) groups excluding carboxylic acids is 2. The van der Waals surface area contributed by atoms with Crippen molar-refractivity contribution in [3.8, 4) is 0 Å². The fraction of sp³-hybridized carbons (Fsp3) is 0.769. The van der Waals surface area contributed by atoms with E-state index < -0.39 is 17.6 Å². The highest BCUT2D eigenvalue weighted by atomic mass is 16.4. The largest absolute Gasteiger partial charge is 0.480 e. The highest BCUT2D eigenvalue weighted by molar-refractivity contribution is 6.06. The van der Waals surface area contributed by atoms with Crippen molar-refractivity contribution in [2.45, 2.75) is 57.7 Å². The van der Waals surface area contributed by atoms with Crippen molar-refractivity contribution in [1.29, 1.82) is 0 Å². The van der Waals surface area contributed by atoms with Crippen LogP contribution in [-0.4, -0.2) is 56.9 Å². The first kappa shape index (κ1) is 14.0. The summed E-state index contributed by atoms with van der Waals surface area (Å²) in [5, 5.41) is 9.38. The van der Waals surface area contributed by atoms with E-state index in [4.69, 9.17) is 0 Å². The van der Waals surface area contributed by atoms with Gasteiger partial charge in [0.2, 0.25) is 11.8 Å². The highest BCUT2D eigenvalue weighted by Gasteiger charge is 2.53. The second-order valence-corrected chi connectivity index (χ2v) is 5.79. The van der Waals surface area contributed by atoms with Gasteiger partial charge in [-0.15, -0.1) is 0 Å². The second kappa shape index (κ2) is 4.59. The third-order valence-electron chi connectivity index (χ3n) is 4.21. The molecule has 0 aliphatic carbocycles. The number of hydrogen-bond acceptors (Lipinski definition) is 4. The highest BCUT2D eigenvalue weighted by Crippen LogP contribution is 2.35. The maximum absolute atomic E-state index is 12.3. The number of aliphatic carboxylic acids is 1. The number of carboxylic acids is 1. The molecule has 2 atom stereocenters. The van der Waals surface area contributed by atoms with Crippen LogP contribution in [0.4, 0.5) is 0 Å². The molecule has 0 spiro atoms. The Kier molecular flexibility index (Phi) is 3.38. The van der Waals surface area contributed by atoms with Gasteiger partial charge < -0.3 is 5.11 Å². The molecular formula is C13H20N2O4. The Morgan fingerprint density at radius 2 is 2.05 bits per heavy atom. The molecule has 0 radical (unpaired) electrons. The molecule has 2 aliphatic heterocycles. The van der Waals surface area contributed by atoms with Gasteiger partial charge in [-0.05, 0) is 33.6 Å². The monoisotopic (exact) mass is 268 g/mol. The molecule has 2 aliphatic rings. The van der Waals surface area contributed by atoms with Gasteiger partial charge in [-0.2, -0.15) is 0 Å². The minimum absolute atomic E-state index is 0.0971. The summed E-state index contributed by atoms with van der Waals surface area (Å²) in [5.74, 6) is -1.38.